The van der Waals surface area contributed by atoms with E-state index in [-0.39, 0.29) is 32.7 Å². The molecule has 1 N–H and O–H groups in total. The summed E-state index contributed by atoms with van der Waals surface area (Å²) < 4.78 is 22.6. The lowest BCUT2D eigenvalue weighted by atomic mass is 10.1. The van der Waals surface area contributed by atoms with Crippen molar-refractivity contribution in [3.05, 3.63) is 170 Å². The fraction of sp³-hybridized carbons (Fsp3) is 0.516. The molecule has 0 aliphatic carbocycles. The van der Waals surface area contributed by atoms with Gasteiger partial charge in [0.2, 0.25) is 0 Å². The summed E-state index contributed by atoms with van der Waals surface area (Å²) in [6.45, 7) is 4.48. The SMILES string of the molecule is CC/C=C\C/C=C\C/C=C\C/C=C\C/C=C\C/C=C\C/C=C\C/C=C\C/C=C\C/C=C\CCCCCCC(=O)OC(COC(=O)CC/C=C\C/C=C\C/C=C\C/C=C\CC)COC(OCC[N+](C)(C)C)C(=O)O. The Morgan fingerprint density at radius 2 is 0.767 bits per heavy atom. The van der Waals surface area contributed by atoms with Crippen LogP contribution < -0.4 is 0 Å². The van der Waals surface area contributed by atoms with Crippen molar-refractivity contribution in [1.29, 1.82) is 0 Å². The van der Waals surface area contributed by atoms with Gasteiger partial charge in [0.1, 0.15) is 13.2 Å². The Labute approximate surface area is 444 Å². The minimum atomic E-state index is -1.54. The van der Waals surface area contributed by atoms with Crippen molar-refractivity contribution in [2.75, 3.05) is 47.5 Å². The Morgan fingerprint density at radius 1 is 0.411 bits per heavy atom. The average Bonchev–Trinajstić information content (AvgIpc) is 3.36. The zero-order valence-corrected chi connectivity index (χ0v) is 46.0. The van der Waals surface area contributed by atoms with Crippen LogP contribution in [0.4, 0.5) is 0 Å². The van der Waals surface area contributed by atoms with Crippen molar-refractivity contribution in [2.24, 2.45) is 0 Å². The number of carboxylic acids is 1. The summed E-state index contributed by atoms with van der Waals surface area (Å²) in [6, 6.07) is 0. The van der Waals surface area contributed by atoms with E-state index in [1.165, 1.54) is 0 Å². The molecule has 0 aromatic rings. The van der Waals surface area contributed by atoms with Gasteiger partial charge in [0.05, 0.1) is 34.4 Å². The minimum Gasteiger partial charge on any atom is -0.477 e. The van der Waals surface area contributed by atoms with Crippen molar-refractivity contribution in [2.45, 2.75) is 167 Å². The van der Waals surface area contributed by atoms with Crippen LogP contribution in [0.5, 0.6) is 0 Å². The number of allylic oxidation sites excluding steroid dienone is 28. The van der Waals surface area contributed by atoms with Crippen LogP contribution in [0.1, 0.15) is 155 Å². The largest absolute Gasteiger partial charge is 0.477 e. The maximum absolute atomic E-state index is 12.8. The van der Waals surface area contributed by atoms with Crippen molar-refractivity contribution >= 4 is 17.9 Å². The van der Waals surface area contributed by atoms with Crippen LogP contribution in [0.3, 0.4) is 0 Å². The van der Waals surface area contributed by atoms with E-state index in [1.54, 1.807) is 0 Å². The molecule has 0 saturated carbocycles. The number of esters is 2. The number of aliphatic carboxylic acids is 1. The summed E-state index contributed by atoms with van der Waals surface area (Å²) in [5.41, 5.74) is 0. The van der Waals surface area contributed by atoms with E-state index in [2.05, 4.69) is 172 Å². The van der Waals surface area contributed by atoms with Gasteiger partial charge in [-0.1, -0.05) is 197 Å². The van der Waals surface area contributed by atoms with E-state index >= 15 is 0 Å². The topological polar surface area (TPSA) is 108 Å². The van der Waals surface area contributed by atoms with Gasteiger partial charge in [-0.2, -0.15) is 0 Å². The summed E-state index contributed by atoms with van der Waals surface area (Å²) in [4.78, 5) is 37.2. The van der Waals surface area contributed by atoms with E-state index in [0.717, 1.165) is 116 Å². The molecule has 0 aromatic heterocycles. The highest BCUT2D eigenvalue weighted by Gasteiger charge is 2.25. The van der Waals surface area contributed by atoms with Crippen molar-refractivity contribution in [1.82, 2.24) is 0 Å². The third kappa shape index (κ3) is 54.3. The molecule has 0 radical (unpaired) electrons. The van der Waals surface area contributed by atoms with Crippen LogP contribution in [0.15, 0.2) is 170 Å². The first-order valence-electron chi connectivity index (χ1n) is 27.3. The lowest BCUT2D eigenvalue weighted by molar-refractivity contribution is -0.870. The number of carboxylic acid groups (broad SMARTS) is 1. The summed E-state index contributed by atoms with van der Waals surface area (Å²) in [6.07, 6.45) is 77.4. The molecule has 0 bridgehead atoms. The maximum atomic E-state index is 12.8. The lowest BCUT2D eigenvalue weighted by Gasteiger charge is -2.25. The van der Waals surface area contributed by atoms with E-state index in [4.69, 9.17) is 18.9 Å². The van der Waals surface area contributed by atoms with Gasteiger partial charge in [-0.15, -0.1) is 0 Å². The fourth-order valence-corrected chi connectivity index (χ4v) is 6.35. The first kappa shape index (κ1) is 67.6. The van der Waals surface area contributed by atoms with Crippen molar-refractivity contribution in [3.8, 4) is 0 Å². The quantitative estimate of drug-likeness (QED) is 0.0211. The Hall–Kier alpha value is -5.35. The highest BCUT2D eigenvalue weighted by atomic mass is 16.7. The molecule has 0 aliphatic heterocycles. The second-order valence-corrected chi connectivity index (χ2v) is 18.4. The zero-order valence-electron chi connectivity index (χ0n) is 46.0. The van der Waals surface area contributed by atoms with Crippen molar-refractivity contribution in [3.63, 3.8) is 0 Å². The highest BCUT2D eigenvalue weighted by molar-refractivity contribution is 5.71. The molecule has 9 heteroatoms. The van der Waals surface area contributed by atoms with Gasteiger partial charge < -0.3 is 28.5 Å². The molecule has 0 spiro atoms. The van der Waals surface area contributed by atoms with Crippen LogP contribution in [-0.4, -0.2) is 87.4 Å². The standard InChI is InChI=1S/C64H97NO8/c1-6-8-10-12-14-16-18-20-21-22-23-24-25-26-27-28-29-30-31-32-33-34-35-36-37-38-39-40-41-43-45-47-49-51-53-55-62(67)73-60(59-72-64(63(68)69)70-57-56-65(3,4)5)58-71-61(66)54-52-50-48-46-44-42-19-17-15-13-11-9-7-2/h8-11,14-17,20-21,23-24,26-27,29-30,32-33,35-36,38-39,41-44,48,50,60,64H,6-7,12-13,18-19,22,25,28,31,34,37,40,45-47,49,51-59H2,1-5H3/p+1/b10-8-,11-9-,16-14-,17-15-,21-20-,24-23-,27-26-,30-29-,33-32-,36-35-,39-38-,43-41-,44-42-,50-48-. The zero-order chi connectivity index (χ0) is 53.4. The molecule has 0 amide bonds. The van der Waals surface area contributed by atoms with E-state index < -0.39 is 30.3 Å². The van der Waals surface area contributed by atoms with Crippen LogP contribution in [0.25, 0.3) is 0 Å². The number of hydrogen-bond acceptors (Lipinski definition) is 7. The second-order valence-electron chi connectivity index (χ2n) is 18.4. The van der Waals surface area contributed by atoms with Crippen LogP contribution >= 0.6 is 0 Å². The number of likely N-dealkylation sites (N-methyl/N-ethyl adjacent to an activating group) is 1. The smallest absolute Gasteiger partial charge is 0.361 e. The number of hydrogen-bond donors (Lipinski definition) is 1. The first-order chi connectivity index (χ1) is 35.6. The normalized spacial score (nSPS) is 14.2. The third-order valence-corrected chi connectivity index (χ3v) is 10.5. The number of quaternary nitrogens is 1. The molecule has 0 aliphatic rings. The summed E-state index contributed by atoms with van der Waals surface area (Å²) in [5.74, 6) is -2.18. The molecule has 0 heterocycles. The number of carbonyl (C=O) groups excluding carboxylic acids is 2. The molecule has 0 saturated heterocycles. The molecule has 73 heavy (non-hydrogen) atoms. The molecule has 2 unspecified atom stereocenters. The Bertz CT molecular complexity index is 1790. The van der Waals surface area contributed by atoms with Crippen LogP contribution in [0.2, 0.25) is 0 Å². The van der Waals surface area contributed by atoms with Gasteiger partial charge in [-0.05, 0) is 116 Å². The number of unbranched alkanes of at least 4 members (excludes halogenated alkanes) is 4. The molecule has 2 atom stereocenters. The van der Waals surface area contributed by atoms with Gasteiger partial charge in [0, 0.05) is 12.8 Å². The molecular formula is C64H98NO8+. The third-order valence-electron chi connectivity index (χ3n) is 10.5. The molecule has 9 nitrogen and oxygen atoms in total. The Morgan fingerprint density at radius 3 is 1.14 bits per heavy atom. The van der Waals surface area contributed by atoms with Crippen LogP contribution in [0, 0.1) is 0 Å². The highest BCUT2D eigenvalue weighted by Crippen LogP contribution is 2.11. The monoisotopic (exact) mass is 1010 g/mol. The van der Waals surface area contributed by atoms with Gasteiger partial charge in [0.15, 0.2) is 6.10 Å². The average molecular weight is 1010 g/mol. The molecule has 0 fully saturated rings. The predicted octanol–water partition coefficient (Wildman–Crippen LogP) is 16.0. The predicted molar refractivity (Wildman–Crippen MR) is 308 cm³/mol. The molecule has 0 rings (SSSR count). The molecule has 406 valence electrons. The number of rotatable bonds is 47. The maximum Gasteiger partial charge on any atom is 0.361 e. The summed E-state index contributed by atoms with van der Waals surface area (Å²) in [7, 11) is 5.91. The first-order valence-corrected chi connectivity index (χ1v) is 27.3. The Kier molecular flexibility index (Phi) is 49.1. The van der Waals surface area contributed by atoms with Crippen LogP contribution in [-0.2, 0) is 33.3 Å². The number of nitrogens with zero attached hydrogens (tertiary/aromatic N) is 1. The second kappa shape index (κ2) is 53.0. The van der Waals surface area contributed by atoms with Gasteiger partial charge in [-0.25, -0.2) is 4.79 Å². The van der Waals surface area contributed by atoms with Gasteiger partial charge >= 0.3 is 17.9 Å². The minimum absolute atomic E-state index is 0.161. The van der Waals surface area contributed by atoms with E-state index in [0.29, 0.717) is 23.9 Å². The van der Waals surface area contributed by atoms with E-state index in [9.17, 15) is 19.5 Å². The number of ether oxygens (including phenoxy) is 4. The number of carbonyl (C=O) groups is 3. The fourth-order valence-electron chi connectivity index (χ4n) is 6.35. The van der Waals surface area contributed by atoms with Gasteiger partial charge in [0.25, 0.3) is 6.29 Å². The Balaban J connectivity index is 4.37. The summed E-state index contributed by atoms with van der Waals surface area (Å²) >= 11 is 0. The molecule has 0 aromatic carbocycles. The molecular weight excluding hydrogens is 911 g/mol. The van der Waals surface area contributed by atoms with Crippen molar-refractivity contribution < 1.29 is 42.9 Å². The lowest BCUT2D eigenvalue weighted by Crippen LogP contribution is -2.40. The summed E-state index contributed by atoms with van der Waals surface area (Å²) in [5, 5.41) is 9.66. The van der Waals surface area contributed by atoms with Gasteiger partial charge in [-0.3, -0.25) is 9.59 Å². The van der Waals surface area contributed by atoms with E-state index in [1.807, 2.05) is 33.3 Å².